The van der Waals surface area contributed by atoms with Gasteiger partial charge in [-0.1, -0.05) is 48.2 Å². The summed E-state index contributed by atoms with van der Waals surface area (Å²) in [6, 6.07) is 8.86. The molecule has 0 aliphatic rings. The first-order chi connectivity index (χ1) is 8.95. The summed E-state index contributed by atoms with van der Waals surface area (Å²) in [6.45, 7) is 10.9. The van der Waals surface area contributed by atoms with E-state index in [2.05, 4.69) is 55.0 Å². The molecule has 0 saturated heterocycles. The van der Waals surface area contributed by atoms with Gasteiger partial charge in [-0.3, -0.25) is 5.32 Å². The van der Waals surface area contributed by atoms with Crippen LogP contribution in [0.4, 0.5) is 4.39 Å². The molecule has 0 radical (unpaired) electrons. The highest BCUT2D eigenvalue weighted by Gasteiger charge is 2.18. The minimum absolute atomic E-state index is 0.754. The van der Waals surface area contributed by atoms with Crippen LogP contribution in [0.2, 0.25) is 13.1 Å². The number of nitrogens with one attached hydrogen (secondary N) is 1. The monoisotopic (exact) mass is 279 g/mol. The van der Waals surface area contributed by atoms with Gasteiger partial charge in [-0.05, 0) is 38.3 Å². The van der Waals surface area contributed by atoms with Gasteiger partial charge < -0.3 is 0 Å². The van der Waals surface area contributed by atoms with E-state index < -0.39 is 14.4 Å². The second-order valence-corrected chi connectivity index (χ2v) is 10.1. The van der Waals surface area contributed by atoms with Gasteiger partial charge in [0.1, 0.15) is 14.4 Å². The fourth-order valence-corrected chi connectivity index (χ4v) is 3.32. The number of alkyl halides is 1. The normalized spacial score (nSPS) is 13.3. The number of benzene rings is 1. The Bertz CT molecular complexity index is 401. The Labute approximate surface area is 117 Å². The van der Waals surface area contributed by atoms with E-state index in [1.807, 2.05) is 0 Å². The molecule has 0 fully saturated rings. The third kappa shape index (κ3) is 5.70. The predicted octanol–water partition coefficient (Wildman–Crippen LogP) is 3.56. The van der Waals surface area contributed by atoms with Gasteiger partial charge in [-0.25, -0.2) is 4.39 Å². The highest BCUT2D eigenvalue weighted by Crippen LogP contribution is 2.09. The summed E-state index contributed by atoms with van der Waals surface area (Å²) in [5.41, 5.74) is 3.51. The number of rotatable bonds is 8. The summed E-state index contributed by atoms with van der Waals surface area (Å²) >= 11 is 0. The quantitative estimate of drug-likeness (QED) is 0.436. The fourth-order valence-electron chi connectivity index (χ4n) is 2.00. The molecule has 1 N–H and O–H groups in total. The molecule has 0 amide bonds. The summed E-state index contributed by atoms with van der Waals surface area (Å²) in [4.78, 5) is 0. The summed E-state index contributed by atoms with van der Waals surface area (Å²) in [7, 11) is -1.45. The van der Waals surface area contributed by atoms with Crippen molar-refractivity contribution in [3.05, 3.63) is 42.1 Å². The summed E-state index contributed by atoms with van der Waals surface area (Å²) in [5.74, 6) is 0. The zero-order valence-electron chi connectivity index (χ0n) is 12.4. The van der Waals surface area contributed by atoms with Gasteiger partial charge in [0.25, 0.3) is 0 Å². The minimum atomic E-state index is -1.45. The molecule has 0 heterocycles. The Morgan fingerprint density at radius 2 is 2.11 bits per heavy atom. The van der Waals surface area contributed by atoms with E-state index in [9.17, 15) is 4.39 Å². The Balaban J connectivity index is 2.47. The zero-order chi connectivity index (χ0) is 14.3. The molecule has 1 nitrogen and oxygen atoms in total. The first-order valence-corrected chi connectivity index (χ1v) is 10.1. The van der Waals surface area contributed by atoms with Gasteiger partial charge in [0.2, 0.25) is 0 Å². The molecule has 0 saturated carbocycles. The number of hydrogen-bond donors (Lipinski definition) is 1. The average molecular weight is 279 g/mol. The van der Waals surface area contributed by atoms with Crippen molar-refractivity contribution in [2.24, 2.45) is 0 Å². The smallest absolute Gasteiger partial charge is 0.148 e. The van der Waals surface area contributed by atoms with Crippen molar-refractivity contribution < 1.29 is 4.39 Å². The van der Waals surface area contributed by atoms with Crippen LogP contribution in [0.15, 0.2) is 36.5 Å². The Kier molecular flexibility index (Phi) is 6.45. The molecule has 0 bridgehead atoms. The number of aryl methyl sites for hydroxylation is 1. The van der Waals surface area contributed by atoms with Crippen molar-refractivity contribution in [1.82, 2.24) is 5.32 Å². The van der Waals surface area contributed by atoms with Crippen molar-refractivity contribution in [3.63, 3.8) is 0 Å². The zero-order valence-corrected chi connectivity index (χ0v) is 13.4. The lowest BCUT2D eigenvalue weighted by Gasteiger charge is -2.18. The van der Waals surface area contributed by atoms with Crippen molar-refractivity contribution in [2.45, 2.75) is 45.6 Å². The van der Waals surface area contributed by atoms with E-state index in [1.54, 1.807) is 0 Å². The average Bonchev–Trinajstić information content (AvgIpc) is 2.38. The Morgan fingerprint density at radius 1 is 1.37 bits per heavy atom. The minimum Gasteiger partial charge on any atom is -0.288 e. The molecule has 1 rings (SSSR count). The summed E-state index contributed by atoms with van der Waals surface area (Å²) < 4.78 is 12.6. The van der Waals surface area contributed by atoms with Crippen LogP contribution in [0.3, 0.4) is 0 Å². The predicted molar refractivity (Wildman–Crippen MR) is 85.3 cm³/mol. The van der Waals surface area contributed by atoms with Crippen molar-refractivity contribution in [3.8, 4) is 0 Å². The lowest BCUT2D eigenvalue weighted by molar-refractivity contribution is 0.297. The lowest BCUT2D eigenvalue weighted by Crippen LogP contribution is -2.39. The van der Waals surface area contributed by atoms with Crippen LogP contribution in [-0.4, -0.2) is 20.9 Å². The molecule has 1 atom stereocenters. The lowest BCUT2D eigenvalue weighted by atomic mass is 10.1. The van der Waals surface area contributed by atoms with Crippen molar-refractivity contribution in [2.75, 3.05) is 6.54 Å². The van der Waals surface area contributed by atoms with E-state index >= 15 is 0 Å². The van der Waals surface area contributed by atoms with E-state index in [0.717, 1.165) is 25.8 Å². The second-order valence-electron chi connectivity index (χ2n) is 5.65. The topological polar surface area (TPSA) is 12.0 Å². The van der Waals surface area contributed by atoms with E-state index in [-0.39, 0.29) is 0 Å². The molecule has 106 valence electrons. The number of unbranched alkanes of at least 4 members (excludes halogenated alkanes) is 1. The molecule has 0 spiro atoms. The van der Waals surface area contributed by atoms with Gasteiger partial charge in [0.15, 0.2) is 0 Å². The molecular weight excluding hydrogens is 253 g/mol. The van der Waals surface area contributed by atoms with E-state index in [4.69, 9.17) is 0 Å². The third-order valence-corrected chi connectivity index (χ3v) is 6.32. The maximum atomic E-state index is 12.6. The molecular formula is C16H26FNSi. The molecule has 0 aliphatic heterocycles. The number of halogens is 1. The standard InChI is InChI=1S/C16H26FNSi/c1-5-19(3,4)16-11-8-10-15(13-16)9-6-7-12-18-14(2)17/h5,8,10-11,13-14,18H,1,6-7,9,12H2,2-4H3. The molecule has 0 aromatic heterocycles. The van der Waals surface area contributed by atoms with E-state index in [0.29, 0.717) is 0 Å². The molecule has 19 heavy (non-hydrogen) atoms. The fraction of sp³-hybridized carbons (Fsp3) is 0.500. The molecule has 1 unspecified atom stereocenters. The van der Waals surface area contributed by atoms with Crippen LogP contribution in [0, 0.1) is 0 Å². The number of hydrogen-bond acceptors (Lipinski definition) is 1. The van der Waals surface area contributed by atoms with Gasteiger partial charge in [-0.15, -0.1) is 6.58 Å². The Hall–Kier alpha value is -0.933. The maximum Gasteiger partial charge on any atom is 0.148 e. The van der Waals surface area contributed by atoms with Gasteiger partial charge in [0, 0.05) is 0 Å². The molecule has 1 aromatic carbocycles. The van der Waals surface area contributed by atoms with Gasteiger partial charge >= 0.3 is 0 Å². The van der Waals surface area contributed by atoms with Crippen LogP contribution in [0.5, 0.6) is 0 Å². The maximum absolute atomic E-state index is 12.6. The van der Waals surface area contributed by atoms with Crippen LogP contribution in [-0.2, 0) is 6.42 Å². The highest BCUT2D eigenvalue weighted by atomic mass is 28.3. The Morgan fingerprint density at radius 3 is 2.74 bits per heavy atom. The third-order valence-electron chi connectivity index (χ3n) is 3.50. The SMILES string of the molecule is C=C[Si](C)(C)c1cccc(CCCCNC(C)F)c1. The second kappa shape index (κ2) is 7.61. The largest absolute Gasteiger partial charge is 0.288 e. The van der Waals surface area contributed by atoms with Crippen molar-refractivity contribution >= 4 is 13.3 Å². The van der Waals surface area contributed by atoms with Crippen LogP contribution in [0.1, 0.15) is 25.3 Å². The summed E-state index contributed by atoms with van der Waals surface area (Å²) in [6.07, 6.45) is 2.28. The first-order valence-electron chi connectivity index (χ1n) is 7.06. The van der Waals surface area contributed by atoms with Crippen molar-refractivity contribution in [1.29, 1.82) is 0 Å². The highest BCUT2D eigenvalue weighted by molar-refractivity contribution is 6.93. The molecule has 0 aliphatic carbocycles. The van der Waals surface area contributed by atoms with Gasteiger partial charge in [-0.2, -0.15) is 0 Å². The van der Waals surface area contributed by atoms with Crippen LogP contribution < -0.4 is 10.5 Å². The summed E-state index contributed by atoms with van der Waals surface area (Å²) in [5, 5.41) is 4.24. The molecule has 1 aromatic rings. The van der Waals surface area contributed by atoms with Crippen LogP contribution >= 0.6 is 0 Å². The molecule has 3 heteroatoms. The van der Waals surface area contributed by atoms with Gasteiger partial charge in [0.05, 0.1) is 0 Å². The van der Waals surface area contributed by atoms with Crippen LogP contribution in [0.25, 0.3) is 0 Å². The first kappa shape index (κ1) is 16.1. The van der Waals surface area contributed by atoms with E-state index in [1.165, 1.54) is 17.7 Å².